The van der Waals surface area contributed by atoms with Crippen molar-refractivity contribution in [3.63, 3.8) is 0 Å². The molecule has 4 aromatic rings. The summed E-state index contributed by atoms with van der Waals surface area (Å²) >= 11 is 0. The molecular formula is C28H24N2O4S. The summed E-state index contributed by atoms with van der Waals surface area (Å²) in [6.45, 7) is 1.19. The Bertz CT molecular complexity index is 1440. The lowest BCUT2D eigenvalue weighted by Gasteiger charge is -2.23. The third-order valence-electron chi connectivity index (χ3n) is 5.43. The molecule has 176 valence electrons. The minimum absolute atomic E-state index is 0.0713. The van der Waals surface area contributed by atoms with Gasteiger partial charge in [-0.25, -0.2) is 12.7 Å². The average molecular weight is 485 g/mol. The molecule has 0 aliphatic rings. The van der Waals surface area contributed by atoms with Gasteiger partial charge in [-0.1, -0.05) is 84.4 Å². The summed E-state index contributed by atoms with van der Waals surface area (Å²) in [4.78, 5) is 26.4. The number of nitrogens with zero attached hydrogens (tertiary/aromatic N) is 1. The Morgan fingerprint density at radius 2 is 1.31 bits per heavy atom. The Morgan fingerprint density at radius 3 is 1.97 bits per heavy atom. The molecule has 0 atom stereocenters. The molecule has 0 heterocycles. The van der Waals surface area contributed by atoms with Crippen LogP contribution in [0.2, 0.25) is 0 Å². The van der Waals surface area contributed by atoms with E-state index < -0.39 is 28.4 Å². The van der Waals surface area contributed by atoms with Gasteiger partial charge in [0.05, 0.1) is 4.90 Å². The lowest BCUT2D eigenvalue weighted by Crippen LogP contribution is -2.42. The highest BCUT2D eigenvalue weighted by Gasteiger charge is 2.32. The lowest BCUT2D eigenvalue weighted by atomic mass is 10.0. The van der Waals surface area contributed by atoms with Gasteiger partial charge in [0.1, 0.15) is 6.54 Å². The van der Waals surface area contributed by atoms with Gasteiger partial charge in [0.2, 0.25) is 5.91 Å². The van der Waals surface area contributed by atoms with Crippen molar-refractivity contribution in [1.29, 1.82) is 0 Å². The van der Waals surface area contributed by atoms with Gasteiger partial charge < -0.3 is 5.32 Å². The second-order valence-electron chi connectivity index (χ2n) is 7.96. The van der Waals surface area contributed by atoms with Crippen molar-refractivity contribution < 1.29 is 18.0 Å². The number of amides is 2. The molecule has 0 spiro atoms. The number of sulfonamides is 1. The van der Waals surface area contributed by atoms with Crippen LogP contribution in [0.3, 0.4) is 0 Å². The zero-order valence-electron chi connectivity index (χ0n) is 19.1. The molecule has 0 aliphatic heterocycles. The molecular weight excluding hydrogens is 460 g/mol. The highest BCUT2D eigenvalue weighted by Crippen LogP contribution is 2.28. The smallest absolute Gasteiger partial charge is 0.268 e. The average Bonchev–Trinajstić information content (AvgIpc) is 2.88. The quantitative estimate of drug-likeness (QED) is 0.394. The first kappa shape index (κ1) is 23.9. The molecule has 1 N–H and O–H groups in total. The van der Waals surface area contributed by atoms with Crippen LogP contribution in [0.15, 0.2) is 114 Å². The van der Waals surface area contributed by atoms with Crippen molar-refractivity contribution in [3.05, 3.63) is 120 Å². The Balaban J connectivity index is 1.66. The maximum atomic E-state index is 13.4. The summed E-state index contributed by atoms with van der Waals surface area (Å²) in [6, 6.07) is 30.9. The molecule has 0 saturated heterocycles. The van der Waals surface area contributed by atoms with Gasteiger partial charge in [0, 0.05) is 16.8 Å². The highest BCUT2D eigenvalue weighted by molar-refractivity contribution is 7.89. The largest absolute Gasteiger partial charge is 0.324 e. The standard InChI is InChI=1S/C28H24N2O4S/c1-21-16-18-23(19-17-21)28(32)30(35(33,34)24-12-6-3-7-13-24)20-27(31)29-26-15-9-8-14-25(26)22-10-4-2-5-11-22/h2-19H,20H2,1H3,(H,29,31). The van der Waals surface area contributed by atoms with E-state index in [1.54, 1.807) is 54.6 Å². The van der Waals surface area contributed by atoms with E-state index in [9.17, 15) is 18.0 Å². The molecule has 0 aliphatic carbocycles. The molecule has 0 fully saturated rings. The number of carbonyl (C=O) groups excluding carboxylic acids is 2. The Morgan fingerprint density at radius 1 is 0.743 bits per heavy atom. The predicted octanol–water partition coefficient (Wildman–Crippen LogP) is 5.13. The van der Waals surface area contributed by atoms with E-state index in [0.717, 1.165) is 16.7 Å². The fourth-order valence-corrected chi connectivity index (χ4v) is 4.97. The topological polar surface area (TPSA) is 83.6 Å². The van der Waals surface area contributed by atoms with Crippen LogP contribution in [-0.2, 0) is 14.8 Å². The molecule has 4 rings (SSSR count). The normalized spacial score (nSPS) is 11.0. The molecule has 0 radical (unpaired) electrons. The highest BCUT2D eigenvalue weighted by atomic mass is 32.2. The minimum atomic E-state index is -4.29. The summed E-state index contributed by atoms with van der Waals surface area (Å²) in [6.07, 6.45) is 0. The first-order valence-electron chi connectivity index (χ1n) is 11.0. The van der Waals surface area contributed by atoms with Crippen molar-refractivity contribution in [2.75, 3.05) is 11.9 Å². The summed E-state index contributed by atoms with van der Waals surface area (Å²) in [5, 5.41) is 2.78. The van der Waals surface area contributed by atoms with Crippen LogP contribution < -0.4 is 5.32 Å². The Hall–Kier alpha value is -4.23. The van der Waals surface area contributed by atoms with Gasteiger partial charge in [-0.15, -0.1) is 0 Å². The lowest BCUT2D eigenvalue weighted by molar-refractivity contribution is -0.116. The molecule has 0 bridgehead atoms. The number of nitrogens with one attached hydrogen (secondary N) is 1. The third-order valence-corrected chi connectivity index (χ3v) is 7.17. The number of benzene rings is 4. The first-order chi connectivity index (χ1) is 16.9. The molecule has 7 heteroatoms. The van der Waals surface area contributed by atoms with E-state index in [-0.39, 0.29) is 10.5 Å². The maximum Gasteiger partial charge on any atom is 0.268 e. The minimum Gasteiger partial charge on any atom is -0.324 e. The molecule has 0 aromatic heterocycles. The fraction of sp³-hybridized carbons (Fsp3) is 0.0714. The van der Waals surface area contributed by atoms with E-state index in [1.165, 1.54) is 12.1 Å². The second kappa shape index (κ2) is 10.4. The van der Waals surface area contributed by atoms with Gasteiger partial charge in [-0.3, -0.25) is 9.59 Å². The van der Waals surface area contributed by atoms with E-state index in [0.29, 0.717) is 9.99 Å². The number of para-hydroxylation sites is 1. The third kappa shape index (κ3) is 5.47. The zero-order chi connectivity index (χ0) is 24.8. The van der Waals surface area contributed by atoms with E-state index in [4.69, 9.17) is 0 Å². The number of hydrogen-bond acceptors (Lipinski definition) is 4. The van der Waals surface area contributed by atoms with Crippen LogP contribution in [0, 0.1) is 6.92 Å². The molecule has 2 amide bonds. The molecule has 6 nitrogen and oxygen atoms in total. The summed E-state index contributed by atoms with van der Waals surface area (Å²) < 4.78 is 27.4. The van der Waals surface area contributed by atoms with E-state index >= 15 is 0 Å². The fourth-order valence-electron chi connectivity index (χ4n) is 3.61. The van der Waals surface area contributed by atoms with Crippen LogP contribution in [0.5, 0.6) is 0 Å². The van der Waals surface area contributed by atoms with Crippen molar-refractivity contribution in [2.45, 2.75) is 11.8 Å². The Kier molecular flexibility index (Phi) is 7.08. The van der Waals surface area contributed by atoms with Gasteiger partial charge in [-0.05, 0) is 42.8 Å². The van der Waals surface area contributed by atoms with Crippen molar-refractivity contribution in [3.8, 4) is 11.1 Å². The molecule has 4 aromatic carbocycles. The summed E-state index contributed by atoms with van der Waals surface area (Å²) in [7, 11) is -4.29. The van der Waals surface area contributed by atoms with Gasteiger partial charge in [-0.2, -0.15) is 0 Å². The number of aryl methyl sites for hydroxylation is 1. The number of carbonyl (C=O) groups is 2. The maximum absolute atomic E-state index is 13.4. The zero-order valence-corrected chi connectivity index (χ0v) is 19.9. The van der Waals surface area contributed by atoms with Crippen LogP contribution in [0.1, 0.15) is 15.9 Å². The van der Waals surface area contributed by atoms with Crippen LogP contribution in [0.4, 0.5) is 5.69 Å². The number of anilines is 1. The van der Waals surface area contributed by atoms with E-state index in [2.05, 4.69) is 5.32 Å². The van der Waals surface area contributed by atoms with Crippen LogP contribution in [-0.4, -0.2) is 31.1 Å². The number of rotatable bonds is 7. The SMILES string of the molecule is Cc1ccc(C(=O)N(CC(=O)Nc2ccccc2-c2ccccc2)S(=O)(=O)c2ccccc2)cc1. The summed E-state index contributed by atoms with van der Waals surface area (Å²) in [5.74, 6) is -1.41. The second-order valence-corrected chi connectivity index (χ2v) is 9.82. The monoisotopic (exact) mass is 484 g/mol. The molecule has 35 heavy (non-hydrogen) atoms. The predicted molar refractivity (Wildman–Crippen MR) is 136 cm³/mol. The van der Waals surface area contributed by atoms with Crippen molar-refractivity contribution >= 4 is 27.5 Å². The summed E-state index contributed by atoms with van der Waals surface area (Å²) in [5.41, 5.74) is 3.29. The van der Waals surface area contributed by atoms with Gasteiger partial charge >= 0.3 is 0 Å². The first-order valence-corrected chi connectivity index (χ1v) is 12.4. The molecule has 0 saturated carbocycles. The van der Waals surface area contributed by atoms with Gasteiger partial charge in [0.15, 0.2) is 0 Å². The van der Waals surface area contributed by atoms with Gasteiger partial charge in [0.25, 0.3) is 15.9 Å². The number of hydrogen-bond donors (Lipinski definition) is 1. The Labute approximate surface area is 204 Å². The van der Waals surface area contributed by atoms with Crippen molar-refractivity contribution in [2.24, 2.45) is 0 Å². The van der Waals surface area contributed by atoms with Crippen molar-refractivity contribution in [1.82, 2.24) is 4.31 Å². The van der Waals surface area contributed by atoms with Crippen LogP contribution in [0.25, 0.3) is 11.1 Å². The van der Waals surface area contributed by atoms with E-state index in [1.807, 2.05) is 49.4 Å². The van der Waals surface area contributed by atoms with Crippen LogP contribution >= 0.6 is 0 Å². The molecule has 0 unspecified atom stereocenters.